The van der Waals surface area contributed by atoms with Crippen LogP contribution < -0.4 is 5.32 Å². The van der Waals surface area contributed by atoms with Gasteiger partial charge in [0.2, 0.25) is 11.8 Å². The van der Waals surface area contributed by atoms with Crippen molar-refractivity contribution in [1.29, 1.82) is 0 Å². The maximum atomic E-state index is 12.8. The second kappa shape index (κ2) is 9.26. The van der Waals surface area contributed by atoms with E-state index in [-0.39, 0.29) is 23.8 Å². The summed E-state index contributed by atoms with van der Waals surface area (Å²) in [6, 6.07) is -0.331. The predicted molar refractivity (Wildman–Crippen MR) is 92.1 cm³/mol. The number of carbonyl (C=O) groups is 2. The second-order valence-electron chi connectivity index (χ2n) is 6.94. The fourth-order valence-electron chi connectivity index (χ4n) is 3.71. The predicted octanol–water partition coefficient (Wildman–Crippen LogP) is 2.02. The average molecular weight is 323 g/mol. The van der Waals surface area contributed by atoms with E-state index in [1.807, 2.05) is 4.90 Å². The smallest absolute Gasteiger partial charge is 0.245 e. The molecule has 0 spiro atoms. The molecule has 1 saturated carbocycles. The lowest BCUT2D eigenvalue weighted by Crippen LogP contribution is -2.55. The highest BCUT2D eigenvalue weighted by Gasteiger charge is 2.30. The Hall–Kier alpha value is -1.10. The number of likely N-dealkylation sites (N-methyl/N-ethyl adjacent to an activating group) is 1. The van der Waals surface area contributed by atoms with Crippen molar-refractivity contribution >= 4 is 11.8 Å². The van der Waals surface area contributed by atoms with Gasteiger partial charge in [-0.05, 0) is 25.8 Å². The molecule has 1 aliphatic carbocycles. The summed E-state index contributed by atoms with van der Waals surface area (Å²) in [5.74, 6) is 0.336. The topological polar surface area (TPSA) is 52.7 Å². The highest BCUT2D eigenvalue weighted by molar-refractivity contribution is 5.88. The number of nitrogens with one attached hydrogen (secondary N) is 1. The summed E-state index contributed by atoms with van der Waals surface area (Å²) < 4.78 is 0. The minimum Gasteiger partial charge on any atom is -0.344 e. The summed E-state index contributed by atoms with van der Waals surface area (Å²) in [7, 11) is 0. The zero-order valence-electron chi connectivity index (χ0n) is 14.9. The number of amides is 2. The molecule has 5 heteroatoms. The van der Waals surface area contributed by atoms with Crippen molar-refractivity contribution in [2.24, 2.45) is 5.92 Å². The number of hydrogen-bond donors (Lipinski definition) is 1. The Balaban J connectivity index is 1.89. The van der Waals surface area contributed by atoms with Gasteiger partial charge in [-0.15, -0.1) is 0 Å². The van der Waals surface area contributed by atoms with Crippen molar-refractivity contribution in [1.82, 2.24) is 15.1 Å². The van der Waals surface area contributed by atoms with Crippen LogP contribution in [-0.2, 0) is 9.59 Å². The fraction of sp³-hybridized carbons (Fsp3) is 0.889. The van der Waals surface area contributed by atoms with E-state index in [1.165, 1.54) is 6.42 Å². The monoisotopic (exact) mass is 323 g/mol. The van der Waals surface area contributed by atoms with E-state index in [1.54, 1.807) is 0 Å². The molecule has 5 nitrogen and oxygen atoms in total. The van der Waals surface area contributed by atoms with E-state index in [9.17, 15) is 9.59 Å². The third-order valence-corrected chi connectivity index (χ3v) is 5.30. The first-order chi connectivity index (χ1) is 11.2. The van der Waals surface area contributed by atoms with Gasteiger partial charge in [0.25, 0.3) is 0 Å². The molecule has 1 atom stereocenters. The van der Waals surface area contributed by atoms with Crippen molar-refractivity contribution in [3.63, 3.8) is 0 Å². The summed E-state index contributed by atoms with van der Waals surface area (Å²) >= 11 is 0. The van der Waals surface area contributed by atoms with Gasteiger partial charge in [-0.2, -0.15) is 0 Å². The third kappa shape index (κ3) is 5.20. The van der Waals surface area contributed by atoms with Crippen LogP contribution >= 0.6 is 0 Å². The summed E-state index contributed by atoms with van der Waals surface area (Å²) in [5, 5.41) is 3.07. The van der Waals surface area contributed by atoms with Crippen LogP contribution in [0.4, 0.5) is 0 Å². The molecule has 23 heavy (non-hydrogen) atoms. The van der Waals surface area contributed by atoms with E-state index in [0.29, 0.717) is 0 Å². The van der Waals surface area contributed by atoms with Gasteiger partial charge < -0.3 is 15.1 Å². The Labute approximate surface area is 140 Å². The quantitative estimate of drug-likeness (QED) is 0.813. The maximum Gasteiger partial charge on any atom is 0.245 e. The van der Waals surface area contributed by atoms with Crippen molar-refractivity contribution in [2.45, 2.75) is 64.8 Å². The highest BCUT2D eigenvalue weighted by atomic mass is 16.2. The normalized spacial score (nSPS) is 21.9. The Morgan fingerprint density at radius 3 is 2.26 bits per heavy atom. The maximum absolute atomic E-state index is 12.8. The van der Waals surface area contributed by atoms with Crippen LogP contribution in [0.5, 0.6) is 0 Å². The average Bonchev–Trinajstić information content (AvgIpc) is 2.61. The van der Waals surface area contributed by atoms with Crippen LogP contribution in [-0.4, -0.2) is 60.4 Å². The molecule has 0 aromatic heterocycles. The SMILES string of the molecule is CCCC(NC(=O)C1CCCCC1)C(=O)N1CCN(CC)CC1. The molecular formula is C18H33N3O2. The number of nitrogens with zero attached hydrogens (tertiary/aromatic N) is 2. The van der Waals surface area contributed by atoms with Crippen molar-refractivity contribution < 1.29 is 9.59 Å². The Bertz CT molecular complexity index is 386. The summed E-state index contributed by atoms with van der Waals surface area (Å²) in [6.45, 7) is 8.72. The van der Waals surface area contributed by atoms with Crippen LogP contribution in [0.15, 0.2) is 0 Å². The molecule has 1 unspecified atom stereocenters. The van der Waals surface area contributed by atoms with Gasteiger partial charge >= 0.3 is 0 Å². The minimum atomic E-state index is -0.331. The molecule has 0 radical (unpaired) electrons. The van der Waals surface area contributed by atoms with E-state index >= 15 is 0 Å². The Morgan fingerprint density at radius 1 is 1.04 bits per heavy atom. The molecule has 0 aromatic rings. The molecule has 1 heterocycles. The van der Waals surface area contributed by atoms with E-state index in [2.05, 4.69) is 24.1 Å². The number of rotatable bonds is 6. The molecule has 1 N–H and O–H groups in total. The Morgan fingerprint density at radius 2 is 1.70 bits per heavy atom. The van der Waals surface area contributed by atoms with E-state index in [4.69, 9.17) is 0 Å². The van der Waals surface area contributed by atoms with Crippen LogP contribution in [0, 0.1) is 5.92 Å². The zero-order valence-corrected chi connectivity index (χ0v) is 14.9. The van der Waals surface area contributed by atoms with Crippen molar-refractivity contribution in [2.75, 3.05) is 32.7 Å². The summed E-state index contributed by atoms with van der Waals surface area (Å²) in [6.07, 6.45) is 7.14. The standard InChI is InChI=1S/C18H33N3O2/c1-3-8-16(19-17(22)15-9-6-5-7-10-15)18(23)21-13-11-20(4-2)12-14-21/h15-16H,3-14H2,1-2H3,(H,19,22). The second-order valence-corrected chi connectivity index (χ2v) is 6.94. The summed E-state index contributed by atoms with van der Waals surface area (Å²) in [5.41, 5.74) is 0. The molecule has 1 saturated heterocycles. The minimum absolute atomic E-state index is 0.101. The Kier molecular flexibility index (Phi) is 7.34. The molecule has 132 valence electrons. The lowest BCUT2D eigenvalue weighted by Gasteiger charge is -2.36. The first kappa shape index (κ1) is 18.2. The number of hydrogen-bond acceptors (Lipinski definition) is 3. The molecule has 1 aliphatic heterocycles. The molecule has 0 bridgehead atoms. The molecule has 2 fully saturated rings. The van der Waals surface area contributed by atoms with Crippen LogP contribution in [0.2, 0.25) is 0 Å². The molecule has 0 aromatic carbocycles. The fourth-order valence-corrected chi connectivity index (χ4v) is 3.71. The third-order valence-electron chi connectivity index (χ3n) is 5.30. The lowest BCUT2D eigenvalue weighted by atomic mass is 9.88. The van der Waals surface area contributed by atoms with Crippen molar-refractivity contribution in [3.8, 4) is 0 Å². The number of piperazine rings is 1. The molecule has 2 aliphatic rings. The van der Waals surface area contributed by atoms with Gasteiger partial charge in [0.05, 0.1) is 0 Å². The number of carbonyl (C=O) groups excluding carboxylic acids is 2. The van der Waals surface area contributed by atoms with Gasteiger partial charge in [-0.3, -0.25) is 9.59 Å². The summed E-state index contributed by atoms with van der Waals surface area (Å²) in [4.78, 5) is 29.6. The van der Waals surface area contributed by atoms with Crippen molar-refractivity contribution in [3.05, 3.63) is 0 Å². The van der Waals surface area contributed by atoms with E-state index < -0.39 is 0 Å². The molecule has 2 rings (SSSR count). The van der Waals surface area contributed by atoms with Gasteiger partial charge in [-0.25, -0.2) is 0 Å². The first-order valence-electron chi connectivity index (χ1n) is 9.47. The van der Waals surface area contributed by atoms with Crippen LogP contribution in [0.3, 0.4) is 0 Å². The highest BCUT2D eigenvalue weighted by Crippen LogP contribution is 2.24. The van der Waals surface area contributed by atoms with Crippen LogP contribution in [0.1, 0.15) is 58.8 Å². The van der Waals surface area contributed by atoms with Crippen LogP contribution in [0.25, 0.3) is 0 Å². The van der Waals surface area contributed by atoms with Gasteiger partial charge in [0.1, 0.15) is 6.04 Å². The largest absolute Gasteiger partial charge is 0.344 e. The van der Waals surface area contributed by atoms with E-state index in [0.717, 1.165) is 71.2 Å². The molecular weight excluding hydrogens is 290 g/mol. The first-order valence-corrected chi connectivity index (χ1v) is 9.47. The van der Waals surface area contributed by atoms with Gasteiger partial charge in [-0.1, -0.05) is 39.5 Å². The lowest BCUT2D eigenvalue weighted by molar-refractivity contribution is -0.139. The zero-order chi connectivity index (χ0) is 16.7. The van der Waals surface area contributed by atoms with Gasteiger partial charge in [0.15, 0.2) is 0 Å². The molecule has 2 amide bonds. The van der Waals surface area contributed by atoms with Gasteiger partial charge in [0, 0.05) is 32.1 Å².